The van der Waals surface area contributed by atoms with Crippen molar-refractivity contribution in [3.8, 4) is 0 Å². The molecule has 1 rings (SSSR count). The molecule has 1 aromatic rings. The van der Waals surface area contributed by atoms with Gasteiger partial charge in [-0.3, -0.25) is 0 Å². The number of nitrogens with two attached hydrogens (primary N) is 1. The van der Waals surface area contributed by atoms with Crippen LogP contribution in [0.4, 0.5) is 5.69 Å². The van der Waals surface area contributed by atoms with E-state index in [4.69, 9.17) is 17.3 Å². The van der Waals surface area contributed by atoms with Crippen molar-refractivity contribution in [2.24, 2.45) is 0 Å². The smallest absolute Gasteiger partial charge is 0.107 e. The lowest BCUT2D eigenvalue weighted by Crippen LogP contribution is -1.88. The van der Waals surface area contributed by atoms with Crippen LogP contribution < -0.4 is 5.73 Å². The van der Waals surface area contributed by atoms with Crippen molar-refractivity contribution in [3.63, 3.8) is 0 Å². The second-order valence-electron chi connectivity index (χ2n) is 2.00. The summed E-state index contributed by atoms with van der Waals surface area (Å²) < 4.78 is 0. The molecule has 0 unspecified atom stereocenters. The quantitative estimate of drug-likeness (QED) is 0.620. The Morgan fingerprint density at radius 3 is 2.70 bits per heavy atom. The molecule has 0 aliphatic rings. The molecule has 2 N–H and O–H groups in total. The van der Waals surface area contributed by atoms with Gasteiger partial charge in [0, 0.05) is 0 Å². The molecule has 0 saturated carbocycles. The predicted molar refractivity (Wildman–Crippen MR) is 40.3 cm³/mol. The fourth-order valence-corrected chi connectivity index (χ4v) is 0.801. The summed E-state index contributed by atoms with van der Waals surface area (Å²) in [5, 5.41) is 10.8. The van der Waals surface area contributed by atoms with Gasteiger partial charge in [0.1, 0.15) is 6.61 Å². The average Bonchev–Trinajstić information content (AvgIpc) is 1.95. The molecule has 0 spiro atoms. The SMILES string of the molecule is Nc1cc(C[O])ccc1Cl. The van der Waals surface area contributed by atoms with Gasteiger partial charge in [-0.1, -0.05) is 17.7 Å². The van der Waals surface area contributed by atoms with Crippen LogP contribution in [-0.4, -0.2) is 0 Å². The monoisotopic (exact) mass is 156 g/mol. The third-order valence-corrected chi connectivity index (χ3v) is 1.57. The highest BCUT2D eigenvalue weighted by molar-refractivity contribution is 6.33. The van der Waals surface area contributed by atoms with Gasteiger partial charge in [0.15, 0.2) is 0 Å². The number of rotatable bonds is 1. The van der Waals surface area contributed by atoms with Gasteiger partial charge in [0.05, 0.1) is 10.7 Å². The highest BCUT2D eigenvalue weighted by Gasteiger charge is 1.95. The fourth-order valence-electron chi connectivity index (χ4n) is 0.683. The van der Waals surface area contributed by atoms with Gasteiger partial charge in [-0.25, -0.2) is 5.11 Å². The maximum Gasteiger partial charge on any atom is 0.107 e. The van der Waals surface area contributed by atoms with Gasteiger partial charge in [0.25, 0.3) is 0 Å². The minimum absolute atomic E-state index is 0.249. The Labute approximate surface area is 64.2 Å². The number of halogens is 1. The molecule has 0 bridgehead atoms. The van der Waals surface area contributed by atoms with Crippen LogP contribution in [0.2, 0.25) is 5.02 Å². The van der Waals surface area contributed by atoms with E-state index >= 15 is 0 Å². The Bertz CT molecular complexity index is 237. The molecule has 0 atom stereocenters. The van der Waals surface area contributed by atoms with E-state index in [2.05, 4.69) is 0 Å². The Kier molecular flexibility index (Phi) is 2.14. The van der Waals surface area contributed by atoms with E-state index in [-0.39, 0.29) is 6.61 Å². The first-order valence-electron chi connectivity index (χ1n) is 2.86. The highest BCUT2D eigenvalue weighted by atomic mass is 35.5. The van der Waals surface area contributed by atoms with Crippen LogP contribution in [0, 0.1) is 0 Å². The summed E-state index contributed by atoms with van der Waals surface area (Å²) in [4.78, 5) is 0. The van der Waals surface area contributed by atoms with E-state index in [1.165, 1.54) is 0 Å². The number of hydrogen-bond acceptors (Lipinski definition) is 1. The lowest BCUT2D eigenvalue weighted by molar-refractivity contribution is 0.177. The zero-order valence-corrected chi connectivity index (χ0v) is 6.06. The van der Waals surface area contributed by atoms with E-state index in [1.54, 1.807) is 18.2 Å². The summed E-state index contributed by atoms with van der Waals surface area (Å²) in [5.41, 5.74) is 6.56. The van der Waals surface area contributed by atoms with Crippen LogP contribution in [0.15, 0.2) is 18.2 Å². The second-order valence-corrected chi connectivity index (χ2v) is 2.41. The van der Waals surface area contributed by atoms with Crippen LogP contribution >= 0.6 is 11.6 Å². The van der Waals surface area contributed by atoms with Crippen molar-refractivity contribution >= 4 is 17.3 Å². The van der Waals surface area contributed by atoms with Crippen molar-refractivity contribution in [1.82, 2.24) is 0 Å². The molecule has 0 aliphatic carbocycles. The van der Waals surface area contributed by atoms with Gasteiger partial charge >= 0.3 is 0 Å². The van der Waals surface area contributed by atoms with Crippen LogP contribution in [0.3, 0.4) is 0 Å². The third-order valence-electron chi connectivity index (χ3n) is 1.23. The highest BCUT2D eigenvalue weighted by Crippen LogP contribution is 2.19. The molecular weight excluding hydrogens is 150 g/mol. The van der Waals surface area contributed by atoms with Crippen molar-refractivity contribution in [2.75, 3.05) is 5.73 Å². The van der Waals surface area contributed by atoms with Crippen LogP contribution in [-0.2, 0) is 11.7 Å². The predicted octanol–water partition coefficient (Wildman–Crippen LogP) is 1.85. The zero-order chi connectivity index (χ0) is 7.56. The first-order valence-corrected chi connectivity index (χ1v) is 3.24. The molecule has 1 aromatic carbocycles. The minimum atomic E-state index is -0.249. The molecule has 1 radical (unpaired) electrons. The summed E-state index contributed by atoms with van der Waals surface area (Å²) in [6, 6.07) is 4.89. The summed E-state index contributed by atoms with van der Waals surface area (Å²) >= 11 is 5.61. The van der Waals surface area contributed by atoms with Crippen LogP contribution in [0.1, 0.15) is 5.56 Å². The lowest BCUT2D eigenvalue weighted by atomic mass is 10.2. The number of nitrogen functional groups attached to an aromatic ring is 1. The van der Waals surface area contributed by atoms with Crippen molar-refractivity contribution < 1.29 is 5.11 Å². The van der Waals surface area contributed by atoms with Gasteiger partial charge in [-0.05, 0) is 17.7 Å². The largest absolute Gasteiger partial charge is 0.398 e. The molecular formula is C7H7ClNO. The Morgan fingerprint density at radius 1 is 1.50 bits per heavy atom. The molecule has 0 fully saturated rings. The molecule has 2 nitrogen and oxygen atoms in total. The Morgan fingerprint density at radius 2 is 2.20 bits per heavy atom. The minimum Gasteiger partial charge on any atom is -0.398 e. The first-order chi connectivity index (χ1) is 4.74. The fraction of sp³-hybridized carbons (Fsp3) is 0.143. The normalized spacial score (nSPS) is 9.80. The van der Waals surface area contributed by atoms with Gasteiger partial charge < -0.3 is 5.73 Å². The topological polar surface area (TPSA) is 45.9 Å². The average molecular weight is 157 g/mol. The third kappa shape index (κ3) is 1.40. The second kappa shape index (κ2) is 2.90. The summed E-state index contributed by atoms with van der Waals surface area (Å²) in [6.45, 7) is -0.249. The number of anilines is 1. The van der Waals surface area contributed by atoms with Crippen molar-refractivity contribution in [2.45, 2.75) is 6.61 Å². The standard InChI is InChI=1S/C7H7ClNO/c8-6-2-1-5(4-10)3-7(6)9/h1-3H,4,9H2. The Hall–Kier alpha value is -0.730. The molecule has 0 amide bonds. The molecule has 53 valence electrons. The lowest BCUT2D eigenvalue weighted by Gasteiger charge is -1.98. The van der Waals surface area contributed by atoms with E-state index in [0.29, 0.717) is 16.3 Å². The van der Waals surface area contributed by atoms with Crippen molar-refractivity contribution in [1.29, 1.82) is 0 Å². The molecule has 0 aliphatic heterocycles. The number of benzene rings is 1. The Balaban J connectivity index is 3.04. The van der Waals surface area contributed by atoms with Crippen LogP contribution in [0.5, 0.6) is 0 Å². The summed E-state index contributed by atoms with van der Waals surface area (Å²) in [7, 11) is 0. The maximum atomic E-state index is 10.3. The molecule has 0 saturated heterocycles. The molecule has 3 heteroatoms. The van der Waals surface area contributed by atoms with Gasteiger partial charge in [-0.2, -0.15) is 0 Å². The van der Waals surface area contributed by atoms with E-state index in [0.717, 1.165) is 0 Å². The summed E-state index contributed by atoms with van der Waals surface area (Å²) in [5.74, 6) is 0. The summed E-state index contributed by atoms with van der Waals surface area (Å²) in [6.07, 6.45) is 0. The first kappa shape index (κ1) is 7.38. The van der Waals surface area contributed by atoms with Gasteiger partial charge in [-0.15, -0.1) is 0 Å². The van der Waals surface area contributed by atoms with E-state index in [1.807, 2.05) is 0 Å². The van der Waals surface area contributed by atoms with Crippen LogP contribution in [0.25, 0.3) is 0 Å². The van der Waals surface area contributed by atoms with Gasteiger partial charge in [0.2, 0.25) is 0 Å². The van der Waals surface area contributed by atoms with E-state index < -0.39 is 0 Å². The van der Waals surface area contributed by atoms with Crippen molar-refractivity contribution in [3.05, 3.63) is 28.8 Å². The molecule has 0 aromatic heterocycles. The zero-order valence-electron chi connectivity index (χ0n) is 5.30. The number of hydrogen-bond donors (Lipinski definition) is 1. The van der Waals surface area contributed by atoms with E-state index in [9.17, 15) is 5.11 Å². The molecule has 10 heavy (non-hydrogen) atoms. The maximum absolute atomic E-state index is 10.3. The molecule has 0 heterocycles.